The highest BCUT2D eigenvalue weighted by Gasteiger charge is 2.26. The van der Waals surface area contributed by atoms with Crippen LogP contribution in [-0.2, 0) is 16.0 Å². The lowest BCUT2D eigenvalue weighted by Crippen LogP contribution is -2.40. The summed E-state index contributed by atoms with van der Waals surface area (Å²) in [6, 6.07) is 7.33. The Labute approximate surface area is 110 Å². The Hall–Kier alpha value is -1.85. The summed E-state index contributed by atoms with van der Waals surface area (Å²) in [4.78, 5) is 14.4. The van der Waals surface area contributed by atoms with E-state index in [1.807, 2.05) is 30.5 Å². The number of fused-ring (bicyclic) bond motifs is 1. The molecule has 3 N–H and O–H groups in total. The van der Waals surface area contributed by atoms with E-state index < -0.39 is 12.0 Å². The second kappa shape index (κ2) is 5.03. The van der Waals surface area contributed by atoms with Gasteiger partial charge in [-0.1, -0.05) is 18.2 Å². The zero-order chi connectivity index (χ0) is 13.2. The molecule has 3 rings (SSSR count). The molecular weight excluding hydrogens is 244 g/mol. The molecule has 0 spiro atoms. The molecule has 2 aromatic rings. The molecule has 0 amide bonds. The number of benzene rings is 1. The van der Waals surface area contributed by atoms with Crippen molar-refractivity contribution in [2.75, 3.05) is 13.2 Å². The number of ether oxygens (including phenoxy) is 1. The molecule has 1 fully saturated rings. The van der Waals surface area contributed by atoms with E-state index in [4.69, 9.17) is 4.74 Å². The number of carboxylic acids is 1. The molecule has 0 saturated carbocycles. The number of nitrogens with one attached hydrogen (secondary N) is 2. The number of rotatable bonds is 6. The van der Waals surface area contributed by atoms with E-state index in [1.54, 1.807) is 0 Å². The van der Waals surface area contributed by atoms with Crippen LogP contribution in [0.3, 0.4) is 0 Å². The second-order valence-electron chi connectivity index (χ2n) is 4.82. The minimum Gasteiger partial charge on any atom is -0.480 e. The number of epoxide rings is 1. The monoisotopic (exact) mass is 260 g/mol. The zero-order valence-corrected chi connectivity index (χ0v) is 10.4. The van der Waals surface area contributed by atoms with Crippen molar-refractivity contribution in [2.45, 2.75) is 18.6 Å². The van der Waals surface area contributed by atoms with Crippen LogP contribution in [0.4, 0.5) is 0 Å². The Balaban J connectivity index is 1.74. The number of para-hydroxylation sites is 1. The van der Waals surface area contributed by atoms with Gasteiger partial charge in [0.15, 0.2) is 0 Å². The van der Waals surface area contributed by atoms with Gasteiger partial charge in [0.1, 0.15) is 6.04 Å². The summed E-state index contributed by atoms with van der Waals surface area (Å²) in [5.41, 5.74) is 2.05. The molecule has 1 aromatic carbocycles. The van der Waals surface area contributed by atoms with Crippen molar-refractivity contribution in [2.24, 2.45) is 0 Å². The van der Waals surface area contributed by atoms with E-state index in [-0.39, 0.29) is 6.10 Å². The van der Waals surface area contributed by atoms with Crippen LogP contribution in [0.2, 0.25) is 0 Å². The Morgan fingerprint density at radius 2 is 2.32 bits per heavy atom. The number of aromatic amines is 1. The van der Waals surface area contributed by atoms with Crippen molar-refractivity contribution in [3.63, 3.8) is 0 Å². The highest BCUT2D eigenvalue weighted by Crippen LogP contribution is 2.19. The number of hydrogen-bond donors (Lipinski definition) is 3. The third kappa shape index (κ3) is 2.77. The molecule has 1 aromatic heterocycles. The van der Waals surface area contributed by atoms with E-state index in [9.17, 15) is 9.90 Å². The number of carboxylic acid groups (broad SMARTS) is 1. The minimum atomic E-state index is -0.828. The van der Waals surface area contributed by atoms with Gasteiger partial charge in [0, 0.05) is 30.1 Å². The van der Waals surface area contributed by atoms with Crippen molar-refractivity contribution >= 4 is 16.9 Å². The van der Waals surface area contributed by atoms with Gasteiger partial charge in [0.25, 0.3) is 0 Å². The van der Waals surface area contributed by atoms with E-state index in [0.29, 0.717) is 13.0 Å². The van der Waals surface area contributed by atoms with Gasteiger partial charge < -0.3 is 20.1 Å². The molecule has 100 valence electrons. The van der Waals surface area contributed by atoms with Gasteiger partial charge in [0.05, 0.1) is 12.7 Å². The molecule has 19 heavy (non-hydrogen) atoms. The summed E-state index contributed by atoms with van der Waals surface area (Å²) < 4.78 is 5.08. The van der Waals surface area contributed by atoms with Crippen LogP contribution in [0.25, 0.3) is 10.9 Å². The van der Waals surface area contributed by atoms with Gasteiger partial charge in [-0.3, -0.25) is 4.79 Å². The molecule has 2 atom stereocenters. The predicted molar refractivity (Wildman–Crippen MR) is 71.2 cm³/mol. The second-order valence-corrected chi connectivity index (χ2v) is 4.82. The molecule has 1 aliphatic heterocycles. The summed E-state index contributed by atoms with van der Waals surface area (Å²) in [7, 11) is 0. The summed E-state index contributed by atoms with van der Waals surface area (Å²) >= 11 is 0. The fraction of sp³-hybridized carbons (Fsp3) is 0.357. The molecular formula is C14H16N2O3. The van der Waals surface area contributed by atoms with E-state index >= 15 is 0 Å². The molecule has 5 heteroatoms. The first-order chi connectivity index (χ1) is 9.24. The lowest BCUT2D eigenvalue weighted by atomic mass is 10.0. The molecule has 0 aliphatic carbocycles. The molecule has 2 unspecified atom stereocenters. The Kier molecular flexibility index (Phi) is 3.23. The van der Waals surface area contributed by atoms with Crippen molar-refractivity contribution < 1.29 is 14.6 Å². The average molecular weight is 260 g/mol. The third-order valence-electron chi connectivity index (χ3n) is 3.39. The summed E-state index contributed by atoms with van der Waals surface area (Å²) in [5.74, 6) is -0.828. The topological polar surface area (TPSA) is 77.6 Å². The normalized spacial score (nSPS) is 19.5. The first-order valence-corrected chi connectivity index (χ1v) is 6.37. The van der Waals surface area contributed by atoms with Gasteiger partial charge in [-0.15, -0.1) is 0 Å². The quantitative estimate of drug-likeness (QED) is 0.681. The van der Waals surface area contributed by atoms with Crippen LogP contribution in [0, 0.1) is 0 Å². The van der Waals surface area contributed by atoms with E-state index in [2.05, 4.69) is 10.3 Å². The number of H-pyrrole nitrogens is 1. The number of aromatic nitrogens is 1. The SMILES string of the molecule is O=C(O)C(Cc1c[nH]c2ccccc12)NCC1CO1. The molecule has 0 radical (unpaired) electrons. The first-order valence-electron chi connectivity index (χ1n) is 6.37. The van der Waals surface area contributed by atoms with Crippen molar-refractivity contribution in [1.82, 2.24) is 10.3 Å². The summed E-state index contributed by atoms with van der Waals surface area (Å²) in [6.07, 6.45) is 2.53. The molecule has 2 heterocycles. The van der Waals surface area contributed by atoms with E-state index in [0.717, 1.165) is 23.1 Å². The van der Waals surface area contributed by atoms with Gasteiger partial charge in [-0.05, 0) is 11.6 Å². The van der Waals surface area contributed by atoms with Gasteiger partial charge in [0.2, 0.25) is 0 Å². The van der Waals surface area contributed by atoms with Crippen LogP contribution < -0.4 is 5.32 Å². The number of carbonyl (C=O) groups is 1. The minimum absolute atomic E-state index is 0.185. The van der Waals surface area contributed by atoms with Crippen LogP contribution in [0.15, 0.2) is 30.5 Å². The molecule has 1 aliphatic rings. The maximum absolute atomic E-state index is 11.3. The highest BCUT2D eigenvalue weighted by atomic mass is 16.6. The number of aliphatic carboxylic acids is 1. The fourth-order valence-electron chi connectivity index (χ4n) is 2.23. The maximum Gasteiger partial charge on any atom is 0.321 e. The third-order valence-corrected chi connectivity index (χ3v) is 3.39. The molecule has 0 bridgehead atoms. The average Bonchev–Trinajstić information content (AvgIpc) is 3.15. The van der Waals surface area contributed by atoms with Crippen molar-refractivity contribution in [3.05, 3.63) is 36.0 Å². The Bertz CT molecular complexity index is 589. The molecule has 5 nitrogen and oxygen atoms in total. The maximum atomic E-state index is 11.3. The number of hydrogen-bond acceptors (Lipinski definition) is 3. The van der Waals surface area contributed by atoms with Crippen LogP contribution in [-0.4, -0.2) is 41.4 Å². The smallest absolute Gasteiger partial charge is 0.321 e. The van der Waals surface area contributed by atoms with Gasteiger partial charge in [-0.2, -0.15) is 0 Å². The van der Waals surface area contributed by atoms with Gasteiger partial charge in [-0.25, -0.2) is 0 Å². The summed E-state index contributed by atoms with van der Waals surface area (Å²) in [6.45, 7) is 1.33. The van der Waals surface area contributed by atoms with Crippen molar-refractivity contribution in [3.8, 4) is 0 Å². The van der Waals surface area contributed by atoms with Crippen LogP contribution >= 0.6 is 0 Å². The highest BCUT2D eigenvalue weighted by molar-refractivity contribution is 5.84. The predicted octanol–water partition coefficient (Wildman–Crippen LogP) is 1.15. The van der Waals surface area contributed by atoms with E-state index in [1.165, 1.54) is 0 Å². The van der Waals surface area contributed by atoms with Crippen LogP contribution in [0.5, 0.6) is 0 Å². The van der Waals surface area contributed by atoms with Crippen molar-refractivity contribution in [1.29, 1.82) is 0 Å². The molecule has 1 saturated heterocycles. The fourth-order valence-corrected chi connectivity index (χ4v) is 2.23. The Morgan fingerprint density at radius 1 is 1.53 bits per heavy atom. The standard InChI is InChI=1S/C14H16N2O3/c17-14(18)13(16-7-10-8-19-10)5-9-6-15-12-4-2-1-3-11(9)12/h1-4,6,10,13,15-16H,5,7-8H2,(H,17,18). The lowest BCUT2D eigenvalue weighted by Gasteiger charge is -2.13. The largest absolute Gasteiger partial charge is 0.480 e. The van der Waals surface area contributed by atoms with Crippen LogP contribution in [0.1, 0.15) is 5.56 Å². The zero-order valence-electron chi connectivity index (χ0n) is 10.4. The Morgan fingerprint density at radius 3 is 3.05 bits per heavy atom. The lowest BCUT2D eigenvalue weighted by molar-refractivity contribution is -0.139. The van der Waals surface area contributed by atoms with Gasteiger partial charge >= 0.3 is 5.97 Å². The summed E-state index contributed by atoms with van der Waals surface area (Å²) in [5, 5.41) is 13.4. The first kappa shape index (κ1) is 12.2.